The third-order valence-electron chi connectivity index (χ3n) is 3.26. The highest BCUT2D eigenvalue weighted by atomic mass is 16.2. The minimum atomic E-state index is -0.164. The maximum atomic E-state index is 11.9. The van der Waals surface area contributed by atoms with Gasteiger partial charge in [0.25, 0.3) is 0 Å². The molecule has 0 bridgehead atoms. The molecule has 0 aliphatic rings. The number of hydrogen-bond acceptors (Lipinski definition) is 3. The van der Waals surface area contributed by atoms with Crippen LogP contribution in [0.15, 0.2) is 61.2 Å². The Hall–Kier alpha value is -2.36. The summed E-state index contributed by atoms with van der Waals surface area (Å²) in [6.45, 7) is 19.7. The Morgan fingerprint density at radius 2 is 1.76 bits per heavy atom. The molecule has 0 N–H and O–H groups in total. The molecule has 1 aromatic heterocycles. The first-order valence-corrected chi connectivity index (χ1v) is 8.82. The lowest BCUT2D eigenvalue weighted by Crippen LogP contribution is -2.28. The van der Waals surface area contributed by atoms with Gasteiger partial charge in [0, 0.05) is 26.5 Å². The van der Waals surface area contributed by atoms with Crippen LogP contribution in [0.2, 0.25) is 0 Å². The minimum absolute atomic E-state index is 0.164. The number of carbonyl (C=O) groups is 1. The van der Waals surface area contributed by atoms with Crippen molar-refractivity contribution < 1.29 is 4.79 Å². The van der Waals surface area contributed by atoms with Gasteiger partial charge in [0.15, 0.2) is 0 Å². The van der Waals surface area contributed by atoms with Gasteiger partial charge in [0.2, 0.25) is 5.91 Å². The lowest BCUT2D eigenvalue weighted by atomic mass is 10.0. The van der Waals surface area contributed by atoms with E-state index in [0.29, 0.717) is 0 Å². The molecule has 1 aromatic rings. The first kappa shape index (κ1) is 24.9. The molecule has 0 aromatic carbocycles. The van der Waals surface area contributed by atoms with Gasteiger partial charge in [-0.15, -0.1) is 0 Å². The van der Waals surface area contributed by atoms with Gasteiger partial charge in [-0.25, -0.2) is 0 Å². The number of aromatic nitrogens is 1. The SMILES string of the molecule is C=CC(=O)N(C)/C(=C/N(C)c1cccnc1)C(=C)C(C)C.CC.CC. The molecule has 0 spiro atoms. The van der Waals surface area contributed by atoms with Crippen molar-refractivity contribution in [2.45, 2.75) is 41.5 Å². The monoisotopic (exact) mass is 345 g/mol. The molecule has 1 rings (SSSR count). The number of nitrogens with zero attached hydrogens (tertiary/aromatic N) is 3. The van der Waals surface area contributed by atoms with Crippen molar-refractivity contribution in [3.8, 4) is 0 Å². The summed E-state index contributed by atoms with van der Waals surface area (Å²) in [5.74, 6) is 0.0706. The second kappa shape index (κ2) is 14.0. The van der Waals surface area contributed by atoms with E-state index in [-0.39, 0.29) is 11.8 Å². The third-order valence-corrected chi connectivity index (χ3v) is 3.26. The van der Waals surface area contributed by atoms with Crippen molar-refractivity contribution in [2.75, 3.05) is 19.0 Å². The van der Waals surface area contributed by atoms with Crippen LogP contribution in [0.4, 0.5) is 5.69 Å². The summed E-state index contributed by atoms with van der Waals surface area (Å²) >= 11 is 0. The van der Waals surface area contributed by atoms with Crippen molar-refractivity contribution in [3.05, 3.63) is 61.2 Å². The van der Waals surface area contributed by atoms with Crippen molar-refractivity contribution in [3.63, 3.8) is 0 Å². The average Bonchev–Trinajstić information content (AvgIpc) is 2.67. The van der Waals surface area contributed by atoms with Gasteiger partial charge in [0.05, 0.1) is 17.6 Å². The molecule has 0 aliphatic heterocycles. The zero-order valence-electron chi connectivity index (χ0n) is 17.2. The number of amides is 1. The van der Waals surface area contributed by atoms with Gasteiger partial charge in [-0.2, -0.15) is 0 Å². The first-order chi connectivity index (χ1) is 11.9. The van der Waals surface area contributed by atoms with Gasteiger partial charge >= 0.3 is 0 Å². The van der Waals surface area contributed by atoms with Gasteiger partial charge < -0.3 is 9.80 Å². The number of allylic oxidation sites excluding steroid dienone is 1. The number of pyridine rings is 1. The quantitative estimate of drug-likeness (QED) is 0.520. The Labute approximate surface area is 154 Å². The fraction of sp³-hybridized carbons (Fsp3) is 0.429. The van der Waals surface area contributed by atoms with Gasteiger partial charge in [-0.1, -0.05) is 54.7 Å². The number of likely N-dealkylation sites (N-methyl/N-ethyl adjacent to an activating group) is 1. The molecule has 0 fully saturated rings. The summed E-state index contributed by atoms with van der Waals surface area (Å²) in [7, 11) is 3.64. The minimum Gasteiger partial charge on any atom is -0.348 e. The van der Waals surface area contributed by atoms with E-state index < -0.39 is 0 Å². The summed E-state index contributed by atoms with van der Waals surface area (Å²) in [5.41, 5.74) is 2.59. The van der Waals surface area contributed by atoms with Crippen LogP contribution in [-0.4, -0.2) is 29.9 Å². The van der Waals surface area contributed by atoms with E-state index in [2.05, 4.69) is 18.1 Å². The summed E-state index contributed by atoms with van der Waals surface area (Å²) in [6.07, 6.45) is 6.68. The molecule has 140 valence electrons. The highest BCUT2D eigenvalue weighted by Crippen LogP contribution is 2.22. The topological polar surface area (TPSA) is 36.4 Å². The highest BCUT2D eigenvalue weighted by molar-refractivity contribution is 5.88. The number of rotatable bonds is 6. The third kappa shape index (κ3) is 8.34. The molecular formula is C21H35N3O. The molecule has 25 heavy (non-hydrogen) atoms. The largest absolute Gasteiger partial charge is 0.348 e. The van der Waals surface area contributed by atoms with Crippen molar-refractivity contribution in [1.82, 2.24) is 9.88 Å². The van der Waals surface area contributed by atoms with Crippen LogP contribution in [0.25, 0.3) is 0 Å². The lowest BCUT2D eigenvalue weighted by Gasteiger charge is -2.26. The Kier molecular flexibility index (Phi) is 14.0. The molecule has 0 radical (unpaired) electrons. The van der Waals surface area contributed by atoms with Crippen LogP contribution in [-0.2, 0) is 4.79 Å². The molecule has 0 saturated carbocycles. The Bertz CT molecular complexity index is 548. The molecule has 1 heterocycles. The molecule has 0 unspecified atom stereocenters. The fourth-order valence-corrected chi connectivity index (χ4v) is 1.76. The molecule has 0 saturated heterocycles. The maximum Gasteiger partial charge on any atom is 0.250 e. The molecular weight excluding hydrogens is 310 g/mol. The highest BCUT2D eigenvalue weighted by Gasteiger charge is 2.17. The van der Waals surface area contributed by atoms with Gasteiger partial charge in [-0.05, 0) is 29.7 Å². The van der Waals surface area contributed by atoms with Crippen LogP contribution < -0.4 is 4.90 Å². The van der Waals surface area contributed by atoms with E-state index in [1.807, 2.05) is 71.8 Å². The second-order valence-electron chi connectivity index (χ2n) is 5.12. The number of anilines is 1. The van der Waals surface area contributed by atoms with E-state index in [4.69, 9.17) is 0 Å². The molecule has 0 atom stereocenters. The maximum absolute atomic E-state index is 11.9. The molecule has 4 nitrogen and oxygen atoms in total. The van der Waals surface area contributed by atoms with E-state index in [0.717, 1.165) is 17.0 Å². The van der Waals surface area contributed by atoms with Crippen LogP contribution in [0.1, 0.15) is 41.5 Å². The summed E-state index contributed by atoms with van der Waals surface area (Å²) < 4.78 is 0. The Morgan fingerprint density at radius 1 is 1.20 bits per heavy atom. The summed E-state index contributed by atoms with van der Waals surface area (Å²) in [4.78, 5) is 19.5. The van der Waals surface area contributed by atoms with Crippen molar-refractivity contribution in [1.29, 1.82) is 0 Å². The predicted molar refractivity (Wildman–Crippen MR) is 110 cm³/mol. The average molecular weight is 346 g/mol. The van der Waals surface area contributed by atoms with Crippen molar-refractivity contribution >= 4 is 11.6 Å². The van der Waals surface area contributed by atoms with E-state index in [1.165, 1.54) is 6.08 Å². The van der Waals surface area contributed by atoms with Gasteiger partial charge in [-0.3, -0.25) is 9.78 Å². The Balaban J connectivity index is 0. The zero-order chi connectivity index (χ0) is 20.0. The smallest absolute Gasteiger partial charge is 0.250 e. The molecule has 0 aliphatic carbocycles. The van der Waals surface area contributed by atoms with Crippen LogP contribution in [0.5, 0.6) is 0 Å². The molecule has 1 amide bonds. The van der Waals surface area contributed by atoms with Crippen LogP contribution >= 0.6 is 0 Å². The van der Waals surface area contributed by atoms with Crippen LogP contribution in [0, 0.1) is 5.92 Å². The van der Waals surface area contributed by atoms with E-state index in [9.17, 15) is 4.79 Å². The number of hydrogen-bond donors (Lipinski definition) is 0. The normalized spacial score (nSPS) is 9.88. The molecule has 4 heteroatoms. The summed E-state index contributed by atoms with van der Waals surface area (Å²) in [5, 5.41) is 0. The zero-order valence-corrected chi connectivity index (χ0v) is 17.2. The fourth-order valence-electron chi connectivity index (χ4n) is 1.76. The van der Waals surface area contributed by atoms with E-state index >= 15 is 0 Å². The predicted octanol–water partition coefficient (Wildman–Crippen LogP) is 5.27. The Morgan fingerprint density at radius 3 is 2.16 bits per heavy atom. The second-order valence-corrected chi connectivity index (χ2v) is 5.12. The number of carbonyl (C=O) groups excluding carboxylic acids is 1. The van der Waals surface area contributed by atoms with Crippen molar-refractivity contribution in [2.24, 2.45) is 5.92 Å². The first-order valence-electron chi connectivity index (χ1n) is 8.82. The van der Waals surface area contributed by atoms with E-state index in [1.54, 1.807) is 24.3 Å². The van der Waals surface area contributed by atoms with Gasteiger partial charge in [0.1, 0.15) is 0 Å². The summed E-state index contributed by atoms with van der Waals surface area (Å²) in [6, 6.07) is 3.82. The standard InChI is InChI=1S/C17H23N3O.2C2H6/c1-7-17(21)20(6)16(14(4)13(2)3)12-19(5)15-9-8-10-18-11-15;2*1-2/h7-13H,1,4H2,2-3,5-6H3;2*1-2H3/b16-12+;;. The lowest BCUT2D eigenvalue weighted by molar-refractivity contribution is -0.123. The van der Waals surface area contributed by atoms with Crippen LogP contribution in [0.3, 0.4) is 0 Å².